The second-order valence-corrected chi connectivity index (χ2v) is 13.3. The van der Waals surface area contributed by atoms with E-state index in [1.54, 1.807) is 42.5 Å². The number of hydrogen-bond acceptors (Lipinski definition) is 9. The lowest BCUT2D eigenvalue weighted by atomic mass is 9.49. The molecule has 0 unspecified atom stereocenters. The molecule has 4 amide bonds. The van der Waals surface area contributed by atoms with E-state index in [2.05, 4.69) is 5.43 Å². The van der Waals surface area contributed by atoms with Crippen LogP contribution in [0.4, 0.5) is 5.69 Å². The Kier molecular flexibility index (Phi) is 8.12. The number of rotatable bonds is 9. The van der Waals surface area contributed by atoms with Crippen molar-refractivity contribution in [2.45, 2.75) is 37.5 Å². The van der Waals surface area contributed by atoms with Crippen molar-refractivity contribution in [2.24, 2.45) is 23.7 Å². The summed E-state index contributed by atoms with van der Waals surface area (Å²) in [6, 6.07) is 19.2. The van der Waals surface area contributed by atoms with E-state index in [4.69, 9.17) is 9.47 Å². The van der Waals surface area contributed by atoms with E-state index < -0.39 is 71.0 Å². The number of fused-ring (bicyclic) bond motifs is 4. The SMILES string of the molecule is COc1cc(O)c([C@H]2C3=CC[C@@H]4C(=O)N(CCC(=O)O)C(=O)[C@@H]4[C@@H]3C[C@H]3C(=O)N(Nc4ccc(C)cc4)C(=O)[C@@]23c2ccccc2)c(OC)c1. The highest BCUT2D eigenvalue weighted by atomic mass is 16.5. The molecule has 3 aromatic rings. The van der Waals surface area contributed by atoms with Crippen molar-refractivity contribution in [3.8, 4) is 17.2 Å². The first-order valence-electron chi connectivity index (χ1n) is 16.5. The van der Waals surface area contributed by atoms with Crippen LogP contribution in [-0.2, 0) is 29.4 Å². The molecule has 0 aromatic heterocycles. The fourth-order valence-electron chi connectivity index (χ4n) is 8.72. The van der Waals surface area contributed by atoms with Crippen molar-refractivity contribution in [3.05, 3.63) is 95.1 Å². The van der Waals surface area contributed by atoms with Gasteiger partial charge in [-0.25, -0.2) is 0 Å². The maximum atomic E-state index is 15.3. The number of carbonyl (C=O) groups excluding carboxylic acids is 4. The predicted octanol–water partition coefficient (Wildman–Crippen LogP) is 4.18. The molecule has 7 rings (SSSR count). The van der Waals surface area contributed by atoms with Gasteiger partial charge in [0.05, 0.1) is 49.5 Å². The van der Waals surface area contributed by atoms with Gasteiger partial charge in [0.15, 0.2) is 0 Å². The zero-order valence-electron chi connectivity index (χ0n) is 27.8. The van der Waals surface area contributed by atoms with Crippen molar-refractivity contribution >= 4 is 35.3 Å². The van der Waals surface area contributed by atoms with Gasteiger partial charge in [-0.3, -0.25) is 34.3 Å². The summed E-state index contributed by atoms with van der Waals surface area (Å²) >= 11 is 0. The summed E-state index contributed by atoms with van der Waals surface area (Å²) in [6.45, 7) is 1.66. The number of likely N-dealkylation sites (tertiary alicyclic amines) is 1. The van der Waals surface area contributed by atoms with Gasteiger partial charge in [-0.05, 0) is 43.4 Å². The number of carboxylic acids is 1. The van der Waals surface area contributed by atoms with E-state index in [-0.39, 0.29) is 36.4 Å². The Morgan fingerprint density at radius 1 is 0.940 bits per heavy atom. The number of aliphatic carboxylic acids is 1. The van der Waals surface area contributed by atoms with E-state index in [1.165, 1.54) is 20.3 Å². The monoisotopic (exact) mass is 679 g/mol. The molecule has 0 radical (unpaired) electrons. The van der Waals surface area contributed by atoms with Crippen LogP contribution in [0, 0.1) is 30.6 Å². The fraction of sp³-hybridized carbons (Fsp3) is 0.342. The minimum atomic E-state index is -1.61. The highest BCUT2D eigenvalue weighted by Crippen LogP contribution is 2.66. The van der Waals surface area contributed by atoms with Crippen LogP contribution < -0.4 is 14.9 Å². The minimum Gasteiger partial charge on any atom is -0.507 e. The van der Waals surface area contributed by atoms with E-state index in [1.807, 2.05) is 31.2 Å². The molecular formula is C38H37N3O9. The number of hydrazine groups is 1. The summed E-state index contributed by atoms with van der Waals surface area (Å²) in [5.74, 6) is -7.24. The summed E-state index contributed by atoms with van der Waals surface area (Å²) < 4.78 is 11.3. The van der Waals surface area contributed by atoms with Gasteiger partial charge in [0.25, 0.3) is 11.8 Å². The number of benzene rings is 3. The van der Waals surface area contributed by atoms with Gasteiger partial charge >= 0.3 is 5.97 Å². The van der Waals surface area contributed by atoms with Gasteiger partial charge in [0, 0.05) is 30.2 Å². The molecule has 2 saturated heterocycles. The molecule has 3 aromatic carbocycles. The van der Waals surface area contributed by atoms with Crippen molar-refractivity contribution < 1.29 is 43.7 Å². The van der Waals surface area contributed by atoms with E-state index in [9.17, 15) is 29.4 Å². The molecule has 0 bridgehead atoms. The highest BCUT2D eigenvalue weighted by Gasteiger charge is 2.71. The molecule has 12 heteroatoms. The van der Waals surface area contributed by atoms with Crippen LogP contribution in [-0.4, -0.2) is 70.5 Å². The number of ether oxygens (including phenoxy) is 2. The molecule has 4 aliphatic rings. The van der Waals surface area contributed by atoms with Crippen LogP contribution in [0.15, 0.2) is 78.4 Å². The number of anilines is 1. The molecule has 0 spiro atoms. The van der Waals surface area contributed by atoms with Gasteiger partial charge in [-0.2, -0.15) is 5.01 Å². The average molecular weight is 680 g/mol. The highest BCUT2D eigenvalue weighted by molar-refractivity contribution is 6.13. The molecule has 3 N–H and O–H groups in total. The number of imide groups is 2. The Bertz CT molecular complexity index is 1940. The maximum Gasteiger partial charge on any atom is 0.305 e. The molecule has 50 heavy (non-hydrogen) atoms. The van der Waals surface area contributed by atoms with E-state index in [0.29, 0.717) is 22.6 Å². The topological polar surface area (TPSA) is 163 Å². The molecule has 1 saturated carbocycles. The largest absolute Gasteiger partial charge is 0.507 e. The van der Waals surface area contributed by atoms with Gasteiger partial charge in [0.1, 0.15) is 17.2 Å². The molecular weight excluding hydrogens is 642 g/mol. The molecule has 6 atom stereocenters. The Balaban J connectivity index is 1.46. The number of amides is 4. The number of phenolic OH excluding ortho intramolecular Hbond substituents is 1. The van der Waals surface area contributed by atoms with Crippen molar-refractivity contribution in [1.82, 2.24) is 9.91 Å². The van der Waals surface area contributed by atoms with Crippen LogP contribution >= 0.6 is 0 Å². The summed E-state index contributed by atoms with van der Waals surface area (Å²) in [4.78, 5) is 70.1. The number of aromatic hydroxyl groups is 1. The van der Waals surface area contributed by atoms with Crippen LogP contribution in [0.5, 0.6) is 17.2 Å². The van der Waals surface area contributed by atoms with E-state index >= 15 is 4.79 Å². The van der Waals surface area contributed by atoms with Crippen LogP contribution in [0.2, 0.25) is 0 Å². The van der Waals surface area contributed by atoms with Gasteiger partial charge in [-0.15, -0.1) is 0 Å². The Hall–Kier alpha value is -5.65. The zero-order valence-corrected chi connectivity index (χ0v) is 27.8. The molecule has 3 fully saturated rings. The number of hydrogen-bond donors (Lipinski definition) is 3. The molecule has 2 aliphatic carbocycles. The van der Waals surface area contributed by atoms with Crippen molar-refractivity contribution in [2.75, 3.05) is 26.2 Å². The second-order valence-electron chi connectivity index (χ2n) is 13.3. The average Bonchev–Trinajstić information content (AvgIpc) is 3.48. The summed E-state index contributed by atoms with van der Waals surface area (Å²) in [7, 11) is 2.88. The Morgan fingerprint density at radius 2 is 1.66 bits per heavy atom. The van der Waals surface area contributed by atoms with Crippen LogP contribution in [0.3, 0.4) is 0 Å². The molecule has 258 valence electrons. The van der Waals surface area contributed by atoms with Gasteiger partial charge in [-0.1, -0.05) is 59.7 Å². The number of nitrogens with one attached hydrogen (secondary N) is 1. The van der Waals surface area contributed by atoms with E-state index in [0.717, 1.165) is 15.5 Å². The molecule has 12 nitrogen and oxygen atoms in total. The van der Waals surface area contributed by atoms with Gasteiger partial charge < -0.3 is 19.7 Å². The summed E-state index contributed by atoms with van der Waals surface area (Å²) in [5, 5.41) is 22.1. The number of methoxy groups -OCH3 is 2. The standard InChI is InChI=1S/C38H37N3O9/c1-20-9-11-22(12-10-20)39-41-35(46)27-19-26-24(13-14-25-31(26)36(47)40(34(25)45)16-15-30(43)44)33(32-28(42)17-23(49-2)18-29(32)50-3)38(27,37(41)48)21-7-5-4-6-8-21/h4-13,17-18,25-27,31,33,39,42H,14-16,19H2,1-3H3,(H,43,44)/t25-,26+,27-,31-,33+,38+/m0/s1. The van der Waals surface area contributed by atoms with Crippen LogP contribution in [0.25, 0.3) is 0 Å². The lowest BCUT2D eigenvalue weighted by Crippen LogP contribution is -2.53. The van der Waals surface area contributed by atoms with Crippen molar-refractivity contribution in [3.63, 3.8) is 0 Å². The predicted molar refractivity (Wildman–Crippen MR) is 179 cm³/mol. The zero-order chi connectivity index (χ0) is 35.5. The summed E-state index contributed by atoms with van der Waals surface area (Å²) in [5.41, 5.74) is 4.35. The Labute approximate surface area is 288 Å². The maximum absolute atomic E-state index is 15.3. The first-order valence-corrected chi connectivity index (χ1v) is 16.5. The number of phenols is 1. The lowest BCUT2D eigenvalue weighted by Gasteiger charge is -2.50. The third kappa shape index (κ3) is 4.84. The molecule has 2 aliphatic heterocycles. The quantitative estimate of drug-likeness (QED) is 0.221. The number of carboxylic acid groups (broad SMARTS) is 1. The first kappa shape index (κ1) is 32.9. The van der Waals surface area contributed by atoms with Crippen molar-refractivity contribution in [1.29, 1.82) is 0 Å². The summed E-state index contributed by atoms with van der Waals surface area (Å²) in [6.07, 6.45) is 1.68. The third-order valence-corrected chi connectivity index (χ3v) is 10.9. The number of nitrogens with zero attached hydrogens (tertiary/aromatic N) is 2. The number of carbonyl (C=O) groups is 5. The minimum absolute atomic E-state index is 0.0556. The lowest BCUT2D eigenvalue weighted by molar-refractivity contribution is -0.143. The Morgan fingerprint density at radius 3 is 2.32 bits per heavy atom. The number of aryl methyl sites for hydroxylation is 1. The third-order valence-electron chi connectivity index (χ3n) is 10.9. The fourth-order valence-corrected chi connectivity index (χ4v) is 8.72. The number of allylic oxidation sites excluding steroid dienone is 2. The van der Waals surface area contributed by atoms with Crippen LogP contribution in [0.1, 0.15) is 41.9 Å². The normalized spacial score (nSPS) is 27.0. The second kappa shape index (κ2) is 12.3. The van der Waals surface area contributed by atoms with Gasteiger partial charge in [0.2, 0.25) is 11.8 Å². The smallest absolute Gasteiger partial charge is 0.305 e. The first-order chi connectivity index (χ1) is 24.0. The molecule has 2 heterocycles.